The van der Waals surface area contributed by atoms with Crippen molar-refractivity contribution in [1.82, 2.24) is 0 Å². The van der Waals surface area contributed by atoms with E-state index in [-0.39, 0.29) is 0 Å². The molecule has 0 bridgehead atoms. The lowest BCUT2D eigenvalue weighted by molar-refractivity contribution is -0.923. The van der Waals surface area contributed by atoms with Gasteiger partial charge in [-0.2, -0.15) is 0 Å². The van der Waals surface area contributed by atoms with Crippen molar-refractivity contribution in [1.29, 1.82) is 0 Å². The summed E-state index contributed by atoms with van der Waals surface area (Å²) in [5.41, 5.74) is 1.52. The van der Waals surface area contributed by atoms with Gasteiger partial charge in [0, 0.05) is 5.56 Å². The zero-order valence-corrected chi connectivity index (χ0v) is 28.0. The first kappa shape index (κ1) is 37.2. The molecule has 0 aliphatic carbocycles. The molecule has 0 amide bonds. The number of rotatable bonds is 31. The van der Waals surface area contributed by atoms with Crippen molar-refractivity contribution in [3.63, 3.8) is 0 Å². The molecule has 1 aromatic rings. The SMILES string of the molecule is CCCCCCCCCCCCCCCCCC[N+](C)(CCCCCCCCCCCCC)Cc1ccccc1. The van der Waals surface area contributed by atoms with Crippen molar-refractivity contribution in [3.8, 4) is 0 Å². The van der Waals surface area contributed by atoms with Gasteiger partial charge in [0.15, 0.2) is 0 Å². The fourth-order valence-corrected chi connectivity index (χ4v) is 6.49. The standard InChI is InChI=1S/C39H74N/c1-4-6-8-10-12-14-16-17-18-19-20-22-24-26-28-33-37-40(3,38-39-34-30-29-31-35-39)36-32-27-25-23-21-15-13-11-9-7-5-2/h29-31,34-35H,4-28,32-33,36-38H2,1-3H3/q+1. The molecule has 1 rings (SSSR count). The number of hydrogen-bond donors (Lipinski definition) is 0. The summed E-state index contributed by atoms with van der Waals surface area (Å²) in [5, 5.41) is 0. The van der Waals surface area contributed by atoms with Crippen molar-refractivity contribution in [2.75, 3.05) is 20.1 Å². The molecule has 0 heterocycles. The Morgan fingerprint density at radius 1 is 0.375 bits per heavy atom. The van der Waals surface area contributed by atoms with Crippen LogP contribution in [0.15, 0.2) is 30.3 Å². The van der Waals surface area contributed by atoms with E-state index in [0.29, 0.717) is 0 Å². The van der Waals surface area contributed by atoms with Crippen LogP contribution in [0.25, 0.3) is 0 Å². The highest BCUT2D eigenvalue weighted by Crippen LogP contribution is 2.19. The molecule has 1 atom stereocenters. The zero-order chi connectivity index (χ0) is 28.8. The molecule has 0 spiro atoms. The summed E-state index contributed by atoms with van der Waals surface area (Å²) in [5.74, 6) is 0. The monoisotopic (exact) mass is 557 g/mol. The molecule has 1 aromatic carbocycles. The van der Waals surface area contributed by atoms with Crippen molar-refractivity contribution >= 4 is 0 Å². The highest BCUT2D eigenvalue weighted by molar-refractivity contribution is 5.13. The van der Waals surface area contributed by atoms with E-state index in [1.807, 2.05) is 0 Å². The predicted octanol–water partition coefficient (Wildman–Crippen LogP) is 13.2. The fourth-order valence-electron chi connectivity index (χ4n) is 6.49. The molecule has 1 nitrogen and oxygen atoms in total. The van der Waals surface area contributed by atoms with Gasteiger partial charge in [-0.25, -0.2) is 0 Å². The number of quaternary nitrogens is 1. The van der Waals surface area contributed by atoms with Crippen LogP contribution >= 0.6 is 0 Å². The van der Waals surface area contributed by atoms with Gasteiger partial charge in [0.1, 0.15) is 6.54 Å². The van der Waals surface area contributed by atoms with Crippen LogP contribution in [0.1, 0.15) is 193 Å². The third-order valence-electron chi connectivity index (χ3n) is 9.26. The summed E-state index contributed by atoms with van der Waals surface area (Å²) in [7, 11) is 2.54. The minimum Gasteiger partial charge on any atom is -0.322 e. The van der Waals surface area contributed by atoms with Crippen LogP contribution < -0.4 is 0 Å². The lowest BCUT2D eigenvalue weighted by atomic mass is 10.0. The Morgan fingerprint density at radius 2 is 0.650 bits per heavy atom. The van der Waals surface area contributed by atoms with Crippen LogP contribution in [-0.4, -0.2) is 24.6 Å². The minimum absolute atomic E-state index is 1.21. The highest BCUT2D eigenvalue weighted by atomic mass is 15.3. The minimum atomic E-state index is 1.21. The third kappa shape index (κ3) is 23.8. The Labute approximate surface area is 253 Å². The first-order chi connectivity index (χ1) is 19.7. The van der Waals surface area contributed by atoms with Crippen LogP contribution in [0, 0.1) is 0 Å². The average Bonchev–Trinajstić information content (AvgIpc) is 2.96. The lowest BCUT2D eigenvalue weighted by Gasteiger charge is -2.35. The Kier molecular flexibility index (Phi) is 26.3. The second-order valence-electron chi connectivity index (χ2n) is 13.5. The topological polar surface area (TPSA) is 0 Å². The molecule has 0 aliphatic heterocycles. The van der Waals surface area contributed by atoms with E-state index < -0.39 is 0 Å². The van der Waals surface area contributed by atoms with Crippen molar-refractivity contribution in [3.05, 3.63) is 35.9 Å². The van der Waals surface area contributed by atoms with E-state index in [4.69, 9.17) is 0 Å². The molecule has 0 fully saturated rings. The van der Waals surface area contributed by atoms with Crippen LogP contribution in [0.4, 0.5) is 0 Å². The Bertz CT molecular complexity index is 610. The van der Waals surface area contributed by atoms with Gasteiger partial charge in [-0.1, -0.05) is 192 Å². The molecule has 1 heteroatoms. The number of unbranched alkanes of at least 4 members (excludes halogenated alkanes) is 25. The molecule has 0 radical (unpaired) electrons. The number of benzene rings is 1. The largest absolute Gasteiger partial charge is 0.322 e. The molecule has 0 N–H and O–H groups in total. The van der Waals surface area contributed by atoms with Crippen LogP contribution in [0.3, 0.4) is 0 Å². The van der Waals surface area contributed by atoms with Crippen molar-refractivity contribution < 1.29 is 4.48 Å². The van der Waals surface area contributed by atoms with Crippen molar-refractivity contribution in [2.45, 2.75) is 194 Å². The summed E-state index contributed by atoms with van der Waals surface area (Å²) in [6.07, 6.45) is 39.1. The highest BCUT2D eigenvalue weighted by Gasteiger charge is 2.21. The quantitative estimate of drug-likeness (QED) is 0.0630. The molecule has 234 valence electrons. The maximum Gasteiger partial charge on any atom is 0.104 e. The summed E-state index contributed by atoms with van der Waals surface area (Å²) in [6.45, 7) is 8.53. The van der Waals surface area contributed by atoms with Crippen LogP contribution in [0.5, 0.6) is 0 Å². The molecule has 0 saturated heterocycles. The van der Waals surface area contributed by atoms with E-state index in [0.717, 1.165) is 0 Å². The van der Waals surface area contributed by atoms with Gasteiger partial charge in [-0.05, 0) is 25.7 Å². The van der Waals surface area contributed by atoms with Crippen LogP contribution in [-0.2, 0) is 6.54 Å². The molecule has 1 unspecified atom stereocenters. The van der Waals surface area contributed by atoms with E-state index in [9.17, 15) is 0 Å². The van der Waals surface area contributed by atoms with E-state index in [2.05, 4.69) is 51.2 Å². The Morgan fingerprint density at radius 3 is 0.950 bits per heavy atom. The van der Waals surface area contributed by atoms with E-state index in [1.165, 1.54) is 203 Å². The third-order valence-corrected chi connectivity index (χ3v) is 9.26. The maximum atomic E-state index is 2.54. The molecular formula is C39H74N+. The maximum absolute atomic E-state index is 2.54. The summed E-state index contributed by atoms with van der Waals surface area (Å²) in [4.78, 5) is 0. The molecule has 0 aliphatic rings. The normalized spacial score (nSPS) is 13.1. The van der Waals surface area contributed by atoms with Gasteiger partial charge in [-0.3, -0.25) is 0 Å². The van der Waals surface area contributed by atoms with Gasteiger partial charge in [0.05, 0.1) is 20.1 Å². The Hall–Kier alpha value is -0.820. The van der Waals surface area contributed by atoms with Gasteiger partial charge in [-0.15, -0.1) is 0 Å². The smallest absolute Gasteiger partial charge is 0.104 e. The van der Waals surface area contributed by atoms with Gasteiger partial charge in [0.2, 0.25) is 0 Å². The van der Waals surface area contributed by atoms with Gasteiger partial charge in [0.25, 0.3) is 0 Å². The first-order valence-electron chi connectivity index (χ1n) is 18.6. The second kappa shape index (κ2) is 28.3. The average molecular weight is 557 g/mol. The Balaban J connectivity index is 2.09. The molecular weight excluding hydrogens is 482 g/mol. The van der Waals surface area contributed by atoms with E-state index >= 15 is 0 Å². The summed E-state index contributed by atoms with van der Waals surface area (Å²) >= 11 is 0. The van der Waals surface area contributed by atoms with Gasteiger partial charge >= 0.3 is 0 Å². The summed E-state index contributed by atoms with van der Waals surface area (Å²) < 4.78 is 1.24. The van der Waals surface area contributed by atoms with Crippen molar-refractivity contribution in [2.24, 2.45) is 0 Å². The fraction of sp³-hybridized carbons (Fsp3) is 0.846. The molecule has 40 heavy (non-hydrogen) atoms. The van der Waals surface area contributed by atoms with E-state index in [1.54, 1.807) is 0 Å². The zero-order valence-electron chi connectivity index (χ0n) is 28.0. The number of nitrogens with zero attached hydrogens (tertiary/aromatic N) is 1. The lowest BCUT2D eigenvalue weighted by Crippen LogP contribution is -2.44. The summed E-state index contributed by atoms with van der Waals surface area (Å²) in [6, 6.07) is 11.3. The molecule has 0 saturated carbocycles. The molecule has 0 aromatic heterocycles. The van der Waals surface area contributed by atoms with Gasteiger partial charge < -0.3 is 4.48 Å². The predicted molar refractivity (Wildman–Crippen MR) is 182 cm³/mol. The second-order valence-corrected chi connectivity index (χ2v) is 13.5. The first-order valence-corrected chi connectivity index (χ1v) is 18.6. The number of hydrogen-bond acceptors (Lipinski definition) is 0. The van der Waals surface area contributed by atoms with Crippen LogP contribution in [0.2, 0.25) is 0 Å².